The van der Waals surface area contributed by atoms with Crippen LogP contribution in [0.25, 0.3) is 0 Å². The van der Waals surface area contributed by atoms with Crippen molar-refractivity contribution in [3.05, 3.63) is 34.3 Å². The van der Waals surface area contributed by atoms with Gasteiger partial charge in [0.2, 0.25) is 0 Å². The molecule has 0 amide bonds. The maximum absolute atomic E-state index is 5.98. The fourth-order valence-corrected chi connectivity index (χ4v) is 2.44. The van der Waals surface area contributed by atoms with Crippen LogP contribution in [-0.4, -0.2) is 32.9 Å². The average molecular weight is 344 g/mol. The van der Waals surface area contributed by atoms with Gasteiger partial charge in [0.05, 0.1) is 19.3 Å². The minimum absolute atomic E-state index is 0.0577. The SMILES string of the molecule is CCCNCC(OCCOCCC)c1ccccc1Br. The van der Waals surface area contributed by atoms with E-state index in [4.69, 9.17) is 9.47 Å². The minimum Gasteiger partial charge on any atom is -0.379 e. The van der Waals surface area contributed by atoms with Crippen molar-refractivity contribution in [1.29, 1.82) is 0 Å². The van der Waals surface area contributed by atoms with Crippen molar-refractivity contribution in [3.63, 3.8) is 0 Å². The molecule has 1 aromatic rings. The Hall–Kier alpha value is -0.420. The second-order valence-corrected chi connectivity index (χ2v) is 5.55. The molecule has 3 nitrogen and oxygen atoms in total. The van der Waals surface area contributed by atoms with E-state index < -0.39 is 0 Å². The van der Waals surface area contributed by atoms with E-state index in [-0.39, 0.29) is 6.10 Å². The van der Waals surface area contributed by atoms with Crippen LogP contribution < -0.4 is 5.32 Å². The van der Waals surface area contributed by atoms with Crippen LogP contribution in [0.2, 0.25) is 0 Å². The third-order valence-corrected chi connectivity index (χ3v) is 3.63. The average Bonchev–Trinajstić information content (AvgIpc) is 2.46. The van der Waals surface area contributed by atoms with E-state index in [1.54, 1.807) is 0 Å². The fraction of sp³-hybridized carbons (Fsp3) is 0.625. The first-order valence-electron chi connectivity index (χ1n) is 7.44. The van der Waals surface area contributed by atoms with E-state index in [0.29, 0.717) is 13.2 Å². The molecule has 0 spiro atoms. The van der Waals surface area contributed by atoms with Crippen LogP contribution in [0, 0.1) is 0 Å². The van der Waals surface area contributed by atoms with Crippen LogP contribution in [-0.2, 0) is 9.47 Å². The Kier molecular flexibility index (Phi) is 9.93. The number of halogens is 1. The van der Waals surface area contributed by atoms with Gasteiger partial charge in [-0.2, -0.15) is 0 Å². The van der Waals surface area contributed by atoms with E-state index in [9.17, 15) is 0 Å². The molecule has 0 fully saturated rings. The lowest BCUT2D eigenvalue weighted by atomic mass is 10.1. The van der Waals surface area contributed by atoms with Crippen LogP contribution in [0.1, 0.15) is 38.4 Å². The molecule has 114 valence electrons. The van der Waals surface area contributed by atoms with E-state index in [0.717, 1.165) is 37.0 Å². The van der Waals surface area contributed by atoms with Gasteiger partial charge < -0.3 is 14.8 Å². The molecule has 20 heavy (non-hydrogen) atoms. The van der Waals surface area contributed by atoms with Crippen LogP contribution in [0.15, 0.2) is 28.7 Å². The van der Waals surface area contributed by atoms with Gasteiger partial charge in [0.1, 0.15) is 0 Å². The Labute approximate surface area is 131 Å². The quantitative estimate of drug-likeness (QED) is 0.617. The van der Waals surface area contributed by atoms with Gasteiger partial charge in [0, 0.05) is 17.6 Å². The predicted octanol–water partition coefficient (Wildman–Crippen LogP) is 3.93. The lowest BCUT2D eigenvalue weighted by Crippen LogP contribution is -2.25. The molecular weight excluding hydrogens is 318 g/mol. The zero-order valence-corrected chi connectivity index (χ0v) is 14.1. The number of nitrogens with one attached hydrogen (secondary N) is 1. The standard InChI is InChI=1S/C16H26BrNO2/c1-3-9-18-13-16(20-12-11-19-10-4-2)14-7-5-6-8-15(14)17/h5-8,16,18H,3-4,9-13H2,1-2H3. The van der Waals surface area contributed by atoms with Crippen LogP contribution in [0.3, 0.4) is 0 Å². The van der Waals surface area contributed by atoms with Crippen molar-refractivity contribution >= 4 is 15.9 Å². The highest BCUT2D eigenvalue weighted by molar-refractivity contribution is 9.10. The largest absolute Gasteiger partial charge is 0.379 e. The molecule has 0 bridgehead atoms. The van der Waals surface area contributed by atoms with Crippen molar-refractivity contribution in [3.8, 4) is 0 Å². The Balaban J connectivity index is 2.49. The lowest BCUT2D eigenvalue weighted by molar-refractivity contribution is 0.00405. The molecule has 1 atom stereocenters. The molecule has 0 aliphatic carbocycles. The Bertz CT molecular complexity index is 360. The maximum atomic E-state index is 5.98. The van der Waals surface area contributed by atoms with Crippen LogP contribution in [0.4, 0.5) is 0 Å². The highest BCUT2D eigenvalue weighted by Gasteiger charge is 2.14. The molecule has 0 aliphatic heterocycles. The van der Waals surface area contributed by atoms with Gasteiger partial charge in [-0.15, -0.1) is 0 Å². The Morgan fingerprint density at radius 3 is 2.60 bits per heavy atom. The summed E-state index contributed by atoms with van der Waals surface area (Å²) in [6, 6.07) is 8.23. The summed E-state index contributed by atoms with van der Waals surface area (Å²) in [5.41, 5.74) is 1.19. The van der Waals surface area contributed by atoms with Crippen LogP contribution in [0.5, 0.6) is 0 Å². The number of hydrogen-bond acceptors (Lipinski definition) is 3. The van der Waals surface area contributed by atoms with Crippen molar-refractivity contribution in [2.45, 2.75) is 32.8 Å². The van der Waals surface area contributed by atoms with Gasteiger partial charge in [-0.3, -0.25) is 0 Å². The van der Waals surface area contributed by atoms with E-state index in [2.05, 4.69) is 47.2 Å². The number of benzene rings is 1. The third-order valence-electron chi connectivity index (χ3n) is 2.90. The molecule has 0 aliphatic rings. The van der Waals surface area contributed by atoms with Gasteiger partial charge in [-0.05, 0) is 31.0 Å². The molecule has 1 rings (SSSR count). The van der Waals surface area contributed by atoms with Gasteiger partial charge in [-0.1, -0.05) is 48.0 Å². The second-order valence-electron chi connectivity index (χ2n) is 4.70. The third kappa shape index (κ3) is 6.84. The summed E-state index contributed by atoms with van der Waals surface area (Å²) in [6.45, 7) is 8.19. The molecule has 1 N–H and O–H groups in total. The van der Waals surface area contributed by atoms with E-state index in [1.165, 1.54) is 5.56 Å². The summed E-state index contributed by atoms with van der Waals surface area (Å²) in [6.07, 6.45) is 2.23. The first-order valence-corrected chi connectivity index (χ1v) is 8.23. The zero-order chi connectivity index (χ0) is 14.6. The van der Waals surface area contributed by atoms with Crippen LogP contribution >= 0.6 is 15.9 Å². The molecule has 0 aromatic heterocycles. The lowest BCUT2D eigenvalue weighted by Gasteiger charge is -2.20. The number of hydrogen-bond donors (Lipinski definition) is 1. The van der Waals surface area contributed by atoms with Crippen molar-refractivity contribution in [1.82, 2.24) is 5.32 Å². The summed E-state index contributed by atoms with van der Waals surface area (Å²) >= 11 is 3.60. The van der Waals surface area contributed by atoms with E-state index in [1.807, 2.05) is 12.1 Å². The fourth-order valence-electron chi connectivity index (χ4n) is 1.90. The molecule has 1 unspecified atom stereocenters. The first kappa shape index (κ1) is 17.6. The second kappa shape index (κ2) is 11.3. The first-order chi connectivity index (χ1) is 9.79. The maximum Gasteiger partial charge on any atom is 0.0961 e. The molecule has 4 heteroatoms. The normalized spacial score (nSPS) is 12.6. The highest BCUT2D eigenvalue weighted by Crippen LogP contribution is 2.25. The summed E-state index contributed by atoms with van der Waals surface area (Å²) in [5, 5.41) is 3.43. The Morgan fingerprint density at radius 1 is 1.10 bits per heavy atom. The summed E-state index contributed by atoms with van der Waals surface area (Å²) < 4.78 is 12.5. The number of ether oxygens (including phenoxy) is 2. The zero-order valence-electron chi connectivity index (χ0n) is 12.5. The summed E-state index contributed by atoms with van der Waals surface area (Å²) in [7, 11) is 0. The monoisotopic (exact) mass is 343 g/mol. The molecule has 0 radical (unpaired) electrons. The van der Waals surface area contributed by atoms with Gasteiger partial charge in [0.15, 0.2) is 0 Å². The van der Waals surface area contributed by atoms with Gasteiger partial charge >= 0.3 is 0 Å². The topological polar surface area (TPSA) is 30.5 Å². The Morgan fingerprint density at radius 2 is 1.90 bits per heavy atom. The van der Waals surface area contributed by atoms with Gasteiger partial charge in [0.25, 0.3) is 0 Å². The number of rotatable bonds is 11. The smallest absolute Gasteiger partial charge is 0.0961 e. The molecule has 0 saturated carbocycles. The molecular formula is C16H26BrNO2. The highest BCUT2D eigenvalue weighted by atomic mass is 79.9. The van der Waals surface area contributed by atoms with Crippen molar-refractivity contribution in [2.24, 2.45) is 0 Å². The van der Waals surface area contributed by atoms with E-state index >= 15 is 0 Å². The summed E-state index contributed by atoms with van der Waals surface area (Å²) in [5.74, 6) is 0. The molecule has 0 heterocycles. The molecule has 1 aromatic carbocycles. The minimum atomic E-state index is 0.0577. The molecule has 0 saturated heterocycles. The van der Waals surface area contributed by atoms with Crippen molar-refractivity contribution < 1.29 is 9.47 Å². The van der Waals surface area contributed by atoms with Crippen molar-refractivity contribution in [2.75, 3.05) is 32.9 Å². The van der Waals surface area contributed by atoms with Gasteiger partial charge in [-0.25, -0.2) is 0 Å². The predicted molar refractivity (Wildman–Crippen MR) is 87.1 cm³/mol. The summed E-state index contributed by atoms with van der Waals surface area (Å²) in [4.78, 5) is 0.